The van der Waals surface area contributed by atoms with E-state index in [1.807, 2.05) is 18.2 Å². The van der Waals surface area contributed by atoms with Crippen molar-refractivity contribution in [2.24, 2.45) is 5.92 Å². The topological polar surface area (TPSA) is 90.0 Å². The number of hydrogen-bond donors (Lipinski definition) is 2. The molecule has 1 aromatic rings. The molecule has 0 bridgehead atoms. The Morgan fingerprint density at radius 1 is 1.04 bits per heavy atom. The van der Waals surface area contributed by atoms with Gasteiger partial charge in [-0.05, 0) is 44.3 Å². The van der Waals surface area contributed by atoms with Crippen LogP contribution in [-0.2, 0) is 15.0 Å². The Morgan fingerprint density at radius 3 is 2.21 bits per heavy atom. The van der Waals surface area contributed by atoms with Gasteiger partial charge >= 0.3 is 5.97 Å². The predicted octanol–water partition coefficient (Wildman–Crippen LogP) is 2.23. The number of rotatable bonds is 7. The molecule has 1 aromatic carbocycles. The van der Waals surface area contributed by atoms with E-state index in [0.29, 0.717) is 19.4 Å². The normalized spacial score (nSPS) is 21.9. The third-order valence-corrected chi connectivity index (χ3v) is 7.44. The van der Waals surface area contributed by atoms with Crippen LogP contribution in [0.15, 0.2) is 30.3 Å². The van der Waals surface area contributed by atoms with Crippen LogP contribution in [0.1, 0.15) is 50.1 Å². The lowest BCUT2D eigenvalue weighted by atomic mass is 9.99. The number of hydrogen-bond acceptors (Lipinski definition) is 4. The molecule has 7 nitrogen and oxygen atoms in total. The molecule has 0 spiro atoms. The second-order valence-electron chi connectivity index (χ2n) is 7.74. The highest BCUT2D eigenvalue weighted by Gasteiger charge is 2.32. The number of piperidine rings is 1. The fourth-order valence-corrected chi connectivity index (χ4v) is 5.40. The molecule has 0 amide bonds. The molecule has 0 aliphatic carbocycles. The van der Waals surface area contributed by atoms with Crippen LogP contribution in [0, 0.1) is 5.92 Å². The third-order valence-electron chi connectivity index (χ3n) is 5.87. The van der Waals surface area contributed by atoms with Crippen molar-refractivity contribution in [3.05, 3.63) is 35.9 Å². The number of benzene rings is 1. The van der Waals surface area contributed by atoms with Crippen LogP contribution < -0.4 is 4.72 Å². The maximum Gasteiger partial charge on any atom is 0.306 e. The summed E-state index contributed by atoms with van der Waals surface area (Å²) in [6, 6.07) is 10.1. The van der Waals surface area contributed by atoms with Gasteiger partial charge in [0.15, 0.2) is 0 Å². The van der Waals surface area contributed by atoms with E-state index in [4.69, 9.17) is 5.11 Å². The minimum atomic E-state index is -3.62. The Kier molecular flexibility index (Phi) is 7.45. The fraction of sp³-hybridized carbons (Fsp3) is 0.650. The van der Waals surface area contributed by atoms with Gasteiger partial charge < -0.3 is 5.11 Å². The first-order valence-electron chi connectivity index (χ1n) is 10.2. The molecule has 2 aliphatic heterocycles. The van der Waals surface area contributed by atoms with Gasteiger partial charge in [-0.1, -0.05) is 43.2 Å². The number of carboxylic acids is 1. The fourth-order valence-electron chi connectivity index (χ4n) is 4.16. The Bertz CT molecular complexity index is 725. The van der Waals surface area contributed by atoms with E-state index in [2.05, 4.69) is 21.8 Å². The summed E-state index contributed by atoms with van der Waals surface area (Å²) >= 11 is 0. The highest BCUT2D eigenvalue weighted by Crippen LogP contribution is 2.25. The van der Waals surface area contributed by atoms with Crippen LogP contribution >= 0.6 is 0 Å². The lowest BCUT2D eigenvalue weighted by molar-refractivity contribution is -0.142. The molecule has 156 valence electrons. The van der Waals surface area contributed by atoms with Crippen molar-refractivity contribution >= 4 is 16.2 Å². The molecule has 0 radical (unpaired) electrons. The van der Waals surface area contributed by atoms with Gasteiger partial charge in [0.2, 0.25) is 0 Å². The third kappa shape index (κ3) is 5.53. The van der Waals surface area contributed by atoms with Gasteiger partial charge in [-0.2, -0.15) is 12.7 Å². The molecule has 2 heterocycles. The van der Waals surface area contributed by atoms with Crippen molar-refractivity contribution in [3.8, 4) is 0 Å². The largest absolute Gasteiger partial charge is 0.481 e. The molecular weight excluding hydrogens is 378 g/mol. The number of aliphatic carboxylic acids is 1. The summed E-state index contributed by atoms with van der Waals surface area (Å²) in [7, 11) is -3.62. The van der Waals surface area contributed by atoms with Crippen LogP contribution in [0.3, 0.4) is 0 Å². The Balaban J connectivity index is 1.66. The Morgan fingerprint density at radius 2 is 1.64 bits per heavy atom. The van der Waals surface area contributed by atoms with E-state index in [-0.39, 0.29) is 19.1 Å². The maximum absolute atomic E-state index is 12.8. The Hall–Kier alpha value is -1.48. The minimum Gasteiger partial charge on any atom is -0.481 e. The summed E-state index contributed by atoms with van der Waals surface area (Å²) in [6.45, 7) is 2.79. The van der Waals surface area contributed by atoms with Crippen molar-refractivity contribution in [1.82, 2.24) is 13.9 Å². The number of likely N-dealkylation sites (tertiary alicyclic amines) is 1. The van der Waals surface area contributed by atoms with Crippen LogP contribution in [-0.4, -0.2) is 61.4 Å². The number of carbonyl (C=O) groups is 1. The van der Waals surface area contributed by atoms with Crippen LogP contribution in [0.5, 0.6) is 0 Å². The zero-order valence-corrected chi connectivity index (χ0v) is 17.1. The van der Waals surface area contributed by atoms with Crippen molar-refractivity contribution in [2.45, 2.75) is 44.6 Å². The van der Waals surface area contributed by atoms with E-state index < -0.39 is 22.1 Å². The first-order chi connectivity index (χ1) is 13.5. The Labute approximate surface area is 167 Å². The highest BCUT2D eigenvalue weighted by molar-refractivity contribution is 7.87. The van der Waals surface area contributed by atoms with Gasteiger partial charge in [-0.3, -0.25) is 9.69 Å². The molecule has 2 fully saturated rings. The summed E-state index contributed by atoms with van der Waals surface area (Å²) < 4.78 is 29.8. The molecule has 2 aliphatic rings. The summed E-state index contributed by atoms with van der Waals surface area (Å²) in [4.78, 5) is 13.5. The quantitative estimate of drug-likeness (QED) is 0.721. The van der Waals surface area contributed by atoms with Crippen molar-refractivity contribution in [2.75, 3.05) is 32.7 Å². The minimum absolute atomic E-state index is 0.00522. The predicted molar refractivity (Wildman–Crippen MR) is 108 cm³/mol. The molecule has 28 heavy (non-hydrogen) atoms. The van der Waals surface area contributed by atoms with Crippen molar-refractivity contribution in [3.63, 3.8) is 0 Å². The van der Waals surface area contributed by atoms with E-state index in [9.17, 15) is 13.2 Å². The molecular formula is C20H31N3O4S. The van der Waals surface area contributed by atoms with Crippen molar-refractivity contribution in [1.29, 1.82) is 0 Å². The van der Waals surface area contributed by atoms with Crippen LogP contribution in [0.4, 0.5) is 0 Å². The van der Waals surface area contributed by atoms with E-state index in [1.54, 1.807) is 0 Å². The smallest absolute Gasteiger partial charge is 0.306 e. The van der Waals surface area contributed by atoms with E-state index in [1.165, 1.54) is 17.1 Å². The first-order valence-corrected chi connectivity index (χ1v) is 11.7. The summed E-state index contributed by atoms with van der Waals surface area (Å²) in [5, 5.41) is 9.11. The van der Waals surface area contributed by atoms with Gasteiger partial charge in [-0.25, -0.2) is 4.72 Å². The monoisotopic (exact) mass is 409 g/mol. The average Bonchev–Trinajstić information content (AvgIpc) is 2.98. The molecule has 2 N–H and O–H groups in total. The van der Waals surface area contributed by atoms with E-state index in [0.717, 1.165) is 31.5 Å². The van der Waals surface area contributed by atoms with Crippen LogP contribution in [0.25, 0.3) is 0 Å². The number of carboxylic acid groups (broad SMARTS) is 1. The number of nitrogens with one attached hydrogen (secondary N) is 1. The standard InChI is InChI=1S/C20H31N3O4S/c24-20(25)18-10-14-23(15-11-18)28(26,27)21-16-19(17-8-4-3-5-9-17)22-12-6-1-2-7-13-22/h3-5,8-9,18-19,21H,1-2,6-7,10-16H2,(H,24,25)/t19-/m1/s1. The second kappa shape index (κ2) is 9.82. The lowest BCUT2D eigenvalue weighted by Crippen LogP contribution is -2.48. The van der Waals surface area contributed by atoms with Gasteiger partial charge in [-0.15, -0.1) is 0 Å². The molecule has 0 saturated carbocycles. The molecule has 3 rings (SSSR count). The van der Waals surface area contributed by atoms with Gasteiger partial charge in [0.25, 0.3) is 10.2 Å². The first kappa shape index (κ1) is 21.2. The molecule has 1 atom stereocenters. The van der Waals surface area contributed by atoms with E-state index >= 15 is 0 Å². The highest BCUT2D eigenvalue weighted by atomic mass is 32.2. The maximum atomic E-state index is 12.8. The average molecular weight is 410 g/mol. The van der Waals surface area contributed by atoms with Crippen molar-refractivity contribution < 1.29 is 18.3 Å². The summed E-state index contributed by atoms with van der Waals surface area (Å²) in [5.74, 6) is -1.28. The SMILES string of the molecule is O=C(O)C1CCN(S(=O)(=O)NC[C@H](c2ccccc2)N2CCCCCC2)CC1. The zero-order chi connectivity index (χ0) is 20.0. The number of nitrogens with zero attached hydrogens (tertiary/aromatic N) is 2. The summed E-state index contributed by atoms with van der Waals surface area (Å²) in [5.41, 5.74) is 1.12. The molecule has 8 heteroatoms. The van der Waals surface area contributed by atoms with Gasteiger partial charge in [0.05, 0.1) is 5.92 Å². The molecule has 0 unspecified atom stereocenters. The van der Waals surface area contributed by atoms with Crippen LogP contribution in [0.2, 0.25) is 0 Å². The zero-order valence-electron chi connectivity index (χ0n) is 16.3. The summed E-state index contributed by atoms with van der Waals surface area (Å²) in [6.07, 6.45) is 5.46. The molecule has 0 aromatic heterocycles. The second-order valence-corrected chi connectivity index (χ2v) is 9.50. The van der Waals surface area contributed by atoms with Gasteiger partial charge in [0.1, 0.15) is 0 Å². The van der Waals surface area contributed by atoms with Gasteiger partial charge in [0, 0.05) is 25.7 Å². The molecule has 2 saturated heterocycles. The lowest BCUT2D eigenvalue weighted by Gasteiger charge is -2.33.